The van der Waals surface area contributed by atoms with Crippen LogP contribution in [0.4, 0.5) is 60.1 Å². The molecule has 0 saturated carbocycles. The van der Waals surface area contributed by atoms with Gasteiger partial charge in [0.1, 0.15) is 11.4 Å². The first-order valence-corrected chi connectivity index (χ1v) is 6.24. The minimum atomic E-state index is -2.71. The van der Waals surface area contributed by atoms with E-state index in [-0.39, 0.29) is 0 Å². The van der Waals surface area contributed by atoms with E-state index in [1.54, 1.807) is 0 Å². The minimum absolute atomic E-state index is 0.897. The Kier molecular flexibility index (Phi) is 5.10. The van der Waals surface area contributed by atoms with Crippen molar-refractivity contribution in [3.05, 3.63) is 58.2 Å². The Balaban J connectivity index is 2.73. The molecule has 0 spiro atoms. The van der Waals surface area contributed by atoms with Crippen LogP contribution in [0, 0.1) is 58.2 Å². The molecule has 0 aliphatic carbocycles. The summed E-state index contributed by atoms with van der Waals surface area (Å²) in [7, 11) is 0. The van der Waals surface area contributed by atoms with E-state index in [9.17, 15) is 48.7 Å². The summed E-state index contributed by atoms with van der Waals surface area (Å²) in [6.07, 6.45) is -2.62. The lowest BCUT2D eigenvalue weighted by Crippen LogP contribution is -2.38. The monoisotopic (exact) mass is 408 g/mol. The minimum Gasteiger partial charge on any atom is -0.463 e. The lowest BCUT2D eigenvalue weighted by atomic mass is 10.2. The molecule has 0 saturated heterocycles. The van der Waals surface area contributed by atoms with Gasteiger partial charge in [0.25, 0.3) is 0 Å². The van der Waals surface area contributed by atoms with Gasteiger partial charge in [-0.3, -0.25) is 5.43 Å². The number of benzene rings is 2. The van der Waals surface area contributed by atoms with E-state index >= 15 is 0 Å². The Morgan fingerprint density at radius 2 is 0.889 bits per heavy atom. The number of nitrogens with zero attached hydrogens (tertiary/aromatic N) is 1. The molecule has 2 aromatic rings. The number of hydrazine groups is 1. The van der Waals surface area contributed by atoms with Crippen LogP contribution in [-0.2, 0) is 0 Å². The highest BCUT2D eigenvalue weighted by molar-refractivity contribution is 5.89. The third-order valence-electron chi connectivity index (χ3n) is 3.03. The van der Waals surface area contributed by atoms with Gasteiger partial charge < -0.3 is 5.11 Å². The molecule has 2 rings (SSSR count). The van der Waals surface area contributed by atoms with Gasteiger partial charge in [-0.1, -0.05) is 0 Å². The number of carboxylic acid groups (broad SMARTS) is 1. The second-order valence-electron chi connectivity index (χ2n) is 4.59. The van der Waals surface area contributed by atoms with Crippen LogP contribution in [0.2, 0.25) is 0 Å². The molecule has 2 aromatic carbocycles. The second-order valence-corrected chi connectivity index (χ2v) is 4.59. The largest absolute Gasteiger partial charge is 0.463 e. The average molecular weight is 408 g/mol. The molecule has 0 bridgehead atoms. The summed E-state index contributed by atoms with van der Waals surface area (Å²) >= 11 is 0. The molecular weight excluding hydrogens is 406 g/mol. The maximum Gasteiger partial charge on any atom is 0.431 e. The SMILES string of the molecule is O=C(O)N(Nc1c(F)c(F)c(F)c(F)c1F)c1c(F)c(F)c(F)c(F)c1F. The van der Waals surface area contributed by atoms with E-state index in [0.29, 0.717) is 0 Å². The van der Waals surface area contributed by atoms with Crippen LogP contribution < -0.4 is 10.4 Å². The van der Waals surface area contributed by atoms with Crippen LogP contribution in [0.3, 0.4) is 0 Å². The molecule has 0 aromatic heterocycles. The van der Waals surface area contributed by atoms with Crippen molar-refractivity contribution in [1.82, 2.24) is 0 Å². The fourth-order valence-corrected chi connectivity index (χ4v) is 1.80. The smallest absolute Gasteiger partial charge is 0.431 e. The van der Waals surface area contributed by atoms with E-state index in [1.165, 1.54) is 0 Å². The van der Waals surface area contributed by atoms with Crippen molar-refractivity contribution < 1.29 is 53.8 Å². The zero-order valence-electron chi connectivity index (χ0n) is 12.1. The summed E-state index contributed by atoms with van der Waals surface area (Å²) in [5, 5.41) is 7.80. The number of anilines is 2. The van der Waals surface area contributed by atoms with E-state index < -0.39 is 80.6 Å². The molecule has 0 fully saturated rings. The van der Waals surface area contributed by atoms with Crippen LogP contribution in [0.5, 0.6) is 0 Å². The Morgan fingerprint density at radius 1 is 0.593 bits per heavy atom. The lowest BCUT2D eigenvalue weighted by Gasteiger charge is -2.23. The number of hydrogen-bond donors (Lipinski definition) is 2. The van der Waals surface area contributed by atoms with Gasteiger partial charge >= 0.3 is 6.09 Å². The summed E-state index contributed by atoms with van der Waals surface area (Å²) in [5.41, 5.74) is -3.51. The highest BCUT2D eigenvalue weighted by Gasteiger charge is 2.34. The van der Waals surface area contributed by atoms with Gasteiger partial charge in [-0.05, 0) is 0 Å². The fraction of sp³-hybridized carbons (Fsp3) is 0. The molecule has 2 N–H and O–H groups in total. The summed E-state index contributed by atoms with van der Waals surface area (Å²) in [5.74, 6) is -26.6. The molecule has 0 aliphatic heterocycles. The first-order valence-electron chi connectivity index (χ1n) is 6.24. The molecule has 1 amide bonds. The summed E-state index contributed by atoms with van der Waals surface area (Å²) in [4.78, 5) is 11.1. The predicted molar refractivity (Wildman–Crippen MR) is 66.6 cm³/mol. The molecule has 0 aliphatic rings. The van der Waals surface area contributed by atoms with Crippen molar-refractivity contribution >= 4 is 17.5 Å². The van der Waals surface area contributed by atoms with E-state index in [0.717, 1.165) is 5.43 Å². The standard InChI is InChI=1S/C13H2F10N2O2/c14-1-3(16)7(20)11(8(21)4(1)17)24-25(13(26)27)12-9(22)5(18)2(15)6(19)10(12)23/h24H,(H,26,27). The number of halogens is 10. The average Bonchev–Trinajstić information content (AvgIpc) is 2.63. The van der Waals surface area contributed by atoms with Crippen molar-refractivity contribution in [2.75, 3.05) is 10.4 Å². The molecule has 0 heterocycles. The van der Waals surface area contributed by atoms with Gasteiger partial charge in [-0.25, -0.2) is 48.7 Å². The lowest BCUT2D eigenvalue weighted by molar-refractivity contribution is 0.202. The van der Waals surface area contributed by atoms with Crippen molar-refractivity contribution in [2.45, 2.75) is 0 Å². The number of hydrogen-bond acceptors (Lipinski definition) is 2. The van der Waals surface area contributed by atoms with E-state index in [4.69, 9.17) is 5.11 Å². The molecule has 27 heavy (non-hydrogen) atoms. The topological polar surface area (TPSA) is 52.6 Å². The second kappa shape index (κ2) is 6.85. The van der Waals surface area contributed by atoms with Gasteiger partial charge in [0.2, 0.25) is 11.6 Å². The fourth-order valence-electron chi connectivity index (χ4n) is 1.80. The van der Waals surface area contributed by atoms with E-state index in [2.05, 4.69) is 0 Å². The third-order valence-corrected chi connectivity index (χ3v) is 3.03. The molecule has 0 radical (unpaired) electrons. The zero-order valence-corrected chi connectivity index (χ0v) is 12.1. The Hall–Kier alpha value is -3.19. The summed E-state index contributed by atoms with van der Waals surface area (Å²) in [6.45, 7) is 0. The normalized spacial score (nSPS) is 10.9. The highest BCUT2D eigenvalue weighted by atomic mass is 19.2. The van der Waals surface area contributed by atoms with Gasteiger partial charge in [0.15, 0.2) is 46.5 Å². The third kappa shape index (κ3) is 3.06. The Labute approximate surface area is 141 Å². The van der Waals surface area contributed by atoms with Gasteiger partial charge in [-0.15, -0.1) is 0 Å². The Bertz CT molecular complexity index is 907. The van der Waals surface area contributed by atoms with Crippen LogP contribution in [0.1, 0.15) is 0 Å². The maximum absolute atomic E-state index is 13.7. The highest BCUT2D eigenvalue weighted by Crippen LogP contribution is 2.33. The first-order chi connectivity index (χ1) is 12.4. The van der Waals surface area contributed by atoms with Gasteiger partial charge in [0.05, 0.1) is 0 Å². The van der Waals surface area contributed by atoms with Gasteiger partial charge in [0, 0.05) is 0 Å². The summed E-state index contributed by atoms with van der Waals surface area (Å²) in [6, 6.07) is 0. The molecule has 0 atom stereocenters. The molecule has 4 nitrogen and oxygen atoms in total. The number of nitrogens with one attached hydrogen (secondary N) is 1. The number of rotatable bonds is 3. The molecule has 14 heteroatoms. The first kappa shape index (κ1) is 20.1. The van der Waals surface area contributed by atoms with Gasteiger partial charge in [-0.2, -0.15) is 5.01 Å². The molecule has 146 valence electrons. The molecule has 0 unspecified atom stereocenters. The van der Waals surface area contributed by atoms with E-state index in [1.807, 2.05) is 0 Å². The van der Waals surface area contributed by atoms with Crippen LogP contribution >= 0.6 is 0 Å². The quantitative estimate of drug-likeness (QED) is 0.338. The van der Waals surface area contributed by atoms with Crippen LogP contribution in [0.25, 0.3) is 0 Å². The number of carbonyl (C=O) groups is 1. The van der Waals surface area contributed by atoms with Crippen molar-refractivity contribution in [3.63, 3.8) is 0 Å². The molecular formula is C13H2F10N2O2. The Morgan fingerprint density at radius 3 is 1.22 bits per heavy atom. The van der Waals surface area contributed by atoms with Crippen LogP contribution in [0.15, 0.2) is 0 Å². The van der Waals surface area contributed by atoms with Crippen molar-refractivity contribution in [2.24, 2.45) is 0 Å². The van der Waals surface area contributed by atoms with Crippen molar-refractivity contribution in [3.8, 4) is 0 Å². The van der Waals surface area contributed by atoms with Crippen LogP contribution in [-0.4, -0.2) is 11.2 Å². The predicted octanol–water partition coefficient (Wildman–Crippen LogP) is 4.59. The zero-order chi connectivity index (χ0) is 20.8. The summed E-state index contributed by atoms with van der Waals surface area (Å²) < 4.78 is 133. The number of amides is 1. The van der Waals surface area contributed by atoms with Crippen molar-refractivity contribution in [1.29, 1.82) is 0 Å². The maximum atomic E-state index is 13.7.